The summed E-state index contributed by atoms with van der Waals surface area (Å²) in [5, 5.41) is 15.4. The number of pyridine rings is 1. The normalized spacial score (nSPS) is 11.6. The summed E-state index contributed by atoms with van der Waals surface area (Å²) >= 11 is 0. The van der Waals surface area contributed by atoms with E-state index in [0.717, 1.165) is 16.7 Å². The summed E-state index contributed by atoms with van der Waals surface area (Å²) < 4.78 is 13.3. The van der Waals surface area contributed by atoms with Gasteiger partial charge in [0.1, 0.15) is 35.4 Å². The maximum Gasteiger partial charge on any atom is 0.255 e. The molecule has 10 nitrogen and oxygen atoms in total. The highest BCUT2D eigenvalue weighted by Crippen LogP contribution is 2.23. The van der Waals surface area contributed by atoms with Gasteiger partial charge in [-0.2, -0.15) is 5.26 Å². The third kappa shape index (κ3) is 5.10. The molecule has 188 valence electrons. The van der Waals surface area contributed by atoms with Gasteiger partial charge in [-0.05, 0) is 36.2 Å². The zero-order chi connectivity index (χ0) is 26.6. The maximum atomic E-state index is 13.3. The van der Waals surface area contributed by atoms with E-state index in [0.29, 0.717) is 35.2 Å². The van der Waals surface area contributed by atoms with Crippen molar-refractivity contribution in [1.82, 2.24) is 30.2 Å². The van der Waals surface area contributed by atoms with E-state index in [1.165, 1.54) is 30.7 Å². The fraction of sp³-hybridized carbons (Fsp3) is 0.111. The second kappa shape index (κ2) is 10.3. The molecule has 0 saturated carbocycles. The number of nitrogens with zero attached hydrogens (tertiary/aromatic N) is 5. The van der Waals surface area contributed by atoms with Gasteiger partial charge in [0.25, 0.3) is 5.91 Å². The van der Waals surface area contributed by atoms with Crippen molar-refractivity contribution in [2.45, 2.75) is 19.5 Å². The Labute approximate surface area is 216 Å². The second-order valence-corrected chi connectivity index (χ2v) is 8.57. The fourth-order valence-corrected chi connectivity index (χ4v) is 3.90. The quantitative estimate of drug-likeness (QED) is 0.256. The molecule has 2 aromatic carbocycles. The zero-order valence-electron chi connectivity index (χ0n) is 20.2. The molecular formula is C27H22FN9O. The van der Waals surface area contributed by atoms with Crippen molar-refractivity contribution in [3.05, 3.63) is 95.2 Å². The highest BCUT2D eigenvalue weighted by Gasteiger charge is 2.17. The van der Waals surface area contributed by atoms with Crippen molar-refractivity contribution in [3.63, 3.8) is 0 Å². The lowest BCUT2D eigenvalue weighted by Crippen LogP contribution is -2.28. The summed E-state index contributed by atoms with van der Waals surface area (Å²) in [7, 11) is 0. The number of nitrogens with two attached hydrogens (primary N) is 1. The number of H-pyrrole nitrogens is 1. The monoisotopic (exact) mass is 507 g/mol. The maximum absolute atomic E-state index is 13.3. The first-order valence-corrected chi connectivity index (χ1v) is 11.7. The molecule has 0 aliphatic carbocycles. The molecule has 0 spiro atoms. The van der Waals surface area contributed by atoms with E-state index in [1.54, 1.807) is 19.1 Å². The Bertz CT molecular complexity index is 1660. The number of hydrogen-bond donors (Lipinski definition) is 4. The number of imidazole rings is 1. The van der Waals surface area contributed by atoms with E-state index in [4.69, 9.17) is 5.73 Å². The lowest BCUT2D eigenvalue weighted by atomic mass is 10.1. The average Bonchev–Trinajstić information content (AvgIpc) is 3.38. The van der Waals surface area contributed by atoms with Crippen LogP contribution in [0.4, 0.5) is 16.0 Å². The molecule has 38 heavy (non-hydrogen) atoms. The largest absolute Gasteiger partial charge is 0.382 e. The van der Waals surface area contributed by atoms with E-state index in [-0.39, 0.29) is 23.0 Å². The SMILES string of the molecule is C[C@H](NC(=O)c1cc(C#N)cnc1NCc1ccc(-c2nc3ncnc(N)c3[nH]2)cc1)c1ccc(F)cc1. The first kappa shape index (κ1) is 24.3. The number of nitrogens with one attached hydrogen (secondary N) is 3. The number of hydrogen-bond acceptors (Lipinski definition) is 8. The summed E-state index contributed by atoms with van der Waals surface area (Å²) in [5.41, 5.74) is 9.97. The minimum absolute atomic E-state index is 0.232. The molecule has 11 heteroatoms. The van der Waals surface area contributed by atoms with Gasteiger partial charge in [-0.1, -0.05) is 36.4 Å². The third-order valence-corrected chi connectivity index (χ3v) is 5.98. The summed E-state index contributed by atoms with van der Waals surface area (Å²) in [6.45, 7) is 2.18. The van der Waals surface area contributed by atoms with E-state index in [9.17, 15) is 14.4 Å². The van der Waals surface area contributed by atoms with Gasteiger partial charge >= 0.3 is 0 Å². The topological polar surface area (TPSA) is 158 Å². The number of carbonyl (C=O) groups excluding carboxylic acids is 1. The molecule has 0 aliphatic heterocycles. The summed E-state index contributed by atoms with van der Waals surface area (Å²) in [6, 6.07) is 16.7. The van der Waals surface area contributed by atoms with Crippen LogP contribution < -0.4 is 16.4 Å². The zero-order valence-corrected chi connectivity index (χ0v) is 20.2. The van der Waals surface area contributed by atoms with Crippen LogP contribution in [0, 0.1) is 17.1 Å². The Hall–Kier alpha value is -5.37. The fourth-order valence-electron chi connectivity index (χ4n) is 3.90. The molecule has 0 bridgehead atoms. The van der Waals surface area contributed by atoms with Gasteiger partial charge in [0.05, 0.1) is 17.2 Å². The number of fused-ring (bicyclic) bond motifs is 1. The van der Waals surface area contributed by atoms with Crippen LogP contribution in [-0.4, -0.2) is 30.8 Å². The molecule has 0 saturated heterocycles. The van der Waals surface area contributed by atoms with Crippen LogP contribution in [0.2, 0.25) is 0 Å². The van der Waals surface area contributed by atoms with Crippen molar-refractivity contribution >= 4 is 28.7 Å². The Morgan fingerprint density at radius 1 is 1.13 bits per heavy atom. The first-order chi connectivity index (χ1) is 18.4. The lowest BCUT2D eigenvalue weighted by Gasteiger charge is -2.16. The van der Waals surface area contributed by atoms with Crippen LogP contribution >= 0.6 is 0 Å². The van der Waals surface area contributed by atoms with Crippen LogP contribution in [0.15, 0.2) is 67.1 Å². The molecule has 1 amide bonds. The lowest BCUT2D eigenvalue weighted by molar-refractivity contribution is 0.0940. The summed E-state index contributed by atoms with van der Waals surface area (Å²) in [6.07, 6.45) is 2.77. The van der Waals surface area contributed by atoms with Crippen molar-refractivity contribution < 1.29 is 9.18 Å². The van der Waals surface area contributed by atoms with Crippen LogP contribution in [0.5, 0.6) is 0 Å². The molecule has 0 fully saturated rings. The molecule has 3 aromatic heterocycles. The molecule has 5 aromatic rings. The molecule has 5 N–H and O–H groups in total. The smallest absolute Gasteiger partial charge is 0.255 e. The summed E-state index contributed by atoms with van der Waals surface area (Å²) in [5.74, 6) is 0.528. The number of halogens is 1. The van der Waals surface area contributed by atoms with E-state index < -0.39 is 5.91 Å². The van der Waals surface area contributed by atoms with Gasteiger partial charge in [0, 0.05) is 18.3 Å². The second-order valence-electron chi connectivity index (χ2n) is 8.57. The summed E-state index contributed by atoms with van der Waals surface area (Å²) in [4.78, 5) is 33.1. The van der Waals surface area contributed by atoms with Crippen molar-refractivity contribution in [3.8, 4) is 17.5 Å². The molecule has 5 rings (SSSR count). The van der Waals surface area contributed by atoms with Crippen molar-refractivity contribution in [1.29, 1.82) is 5.26 Å². The van der Waals surface area contributed by atoms with Crippen LogP contribution in [0.1, 0.15) is 40.0 Å². The Kier molecular flexibility index (Phi) is 6.61. The van der Waals surface area contributed by atoms with Gasteiger partial charge in [-0.25, -0.2) is 24.3 Å². The van der Waals surface area contributed by atoms with Crippen LogP contribution in [0.3, 0.4) is 0 Å². The Balaban J connectivity index is 1.30. The van der Waals surface area contributed by atoms with E-state index in [1.807, 2.05) is 30.3 Å². The molecule has 0 radical (unpaired) electrons. The number of benzene rings is 2. The number of rotatable bonds is 7. The number of amides is 1. The first-order valence-electron chi connectivity index (χ1n) is 11.7. The van der Waals surface area contributed by atoms with Gasteiger partial charge < -0.3 is 21.4 Å². The van der Waals surface area contributed by atoms with Gasteiger partial charge in [0.15, 0.2) is 11.5 Å². The molecular weight excluding hydrogens is 485 g/mol. The average molecular weight is 508 g/mol. The van der Waals surface area contributed by atoms with Gasteiger partial charge in [0.2, 0.25) is 0 Å². The molecule has 1 atom stereocenters. The minimum Gasteiger partial charge on any atom is -0.382 e. The predicted octanol–water partition coefficient (Wildman–Crippen LogP) is 4.11. The van der Waals surface area contributed by atoms with Crippen LogP contribution in [0.25, 0.3) is 22.6 Å². The number of carbonyl (C=O) groups is 1. The van der Waals surface area contributed by atoms with Crippen LogP contribution in [-0.2, 0) is 6.54 Å². The minimum atomic E-state index is -0.406. The Morgan fingerprint density at radius 2 is 1.89 bits per heavy atom. The van der Waals surface area contributed by atoms with E-state index >= 15 is 0 Å². The molecule has 3 heterocycles. The van der Waals surface area contributed by atoms with Crippen molar-refractivity contribution in [2.24, 2.45) is 0 Å². The number of anilines is 2. The Morgan fingerprint density at radius 3 is 2.61 bits per heavy atom. The number of nitriles is 1. The predicted molar refractivity (Wildman–Crippen MR) is 140 cm³/mol. The number of aromatic amines is 1. The standard InChI is InChI=1S/C27H22FN9O/c1-15(18-6-8-20(28)9-7-18)35-27(38)21-10-17(11-29)13-32-25(21)31-12-16-2-4-19(5-3-16)24-36-22-23(30)33-14-34-26(22)37-24/h2-10,13-15H,12H2,1H3,(H,31,32)(H,35,38)(H3,30,33,34,36,37)/t15-/m0/s1. The number of aromatic nitrogens is 5. The third-order valence-electron chi connectivity index (χ3n) is 5.98. The molecule has 0 unspecified atom stereocenters. The van der Waals surface area contributed by atoms with Gasteiger partial charge in [-0.15, -0.1) is 0 Å². The van der Waals surface area contributed by atoms with Crippen molar-refractivity contribution in [2.75, 3.05) is 11.1 Å². The highest BCUT2D eigenvalue weighted by atomic mass is 19.1. The number of nitrogen functional groups attached to an aromatic ring is 1. The molecule has 0 aliphatic rings. The van der Waals surface area contributed by atoms with Gasteiger partial charge in [-0.3, -0.25) is 4.79 Å². The van der Waals surface area contributed by atoms with E-state index in [2.05, 4.69) is 35.6 Å². The highest BCUT2D eigenvalue weighted by molar-refractivity contribution is 5.99.